The van der Waals surface area contributed by atoms with E-state index in [0.717, 1.165) is 18.2 Å². The summed E-state index contributed by atoms with van der Waals surface area (Å²) < 4.78 is 51.3. The van der Waals surface area contributed by atoms with Gasteiger partial charge >= 0.3 is 6.18 Å². The van der Waals surface area contributed by atoms with Crippen LogP contribution in [0.1, 0.15) is 11.1 Å². The molecule has 0 aliphatic rings. The highest BCUT2D eigenvalue weighted by Gasteiger charge is 2.38. The molecule has 0 spiro atoms. The maximum atomic E-state index is 12.9. The predicted octanol–water partition coefficient (Wildman–Crippen LogP) is 3.93. The van der Waals surface area contributed by atoms with E-state index in [4.69, 9.17) is 0 Å². The molecule has 2 aromatic carbocycles. The first kappa shape index (κ1) is 17.4. The van der Waals surface area contributed by atoms with E-state index < -0.39 is 34.1 Å². The molecular weight excluding hydrogens is 332 g/mol. The Morgan fingerprint density at radius 2 is 1.75 bits per heavy atom. The van der Waals surface area contributed by atoms with E-state index in [-0.39, 0.29) is 12.1 Å². The second-order valence-electron chi connectivity index (χ2n) is 4.84. The average Bonchev–Trinajstić information content (AvgIpc) is 2.48. The molecule has 5 nitrogen and oxygen atoms in total. The third-order valence-electron chi connectivity index (χ3n) is 3.06. The van der Waals surface area contributed by atoms with E-state index in [2.05, 4.69) is 5.32 Å². The van der Waals surface area contributed by atoms with Gasteiger partial charge in [-0.15, -0.1) is 0 Å². The van der Waals surface area contributed by atoms with Crippen molar-refractivity contribution in [3.8, 4) is 0 Å². The molecule has 0 atom stereocenters. The van der Waals surface area contributed by atoms with Crippen molar-refractivity contribution in [1.29, 1.82) is 0 Å². The van der Waals surface area contributed by atoms with E-state index in [1.54, 1.807) is 0 Å². The number of rotatable bonds is 4. The van der Waals surface area contributed by atoms with Crippen LogP contribution >= 0.6 is 0 Å². The molecule has 1 N–H and O–H groups in total. The number of benzene rings is 2. The van der Waals surface area contributed by atoms with Gasteiger partial charge in [0.2, 0.25) is 5.91 Å². The smallest absolute Gasteiger partial charge is 0.326 e. The predicted molar refractivity (Wildman–Crippen MR) is 76.8 cm³/mol. The highest BCUT2D eigenvalue weighted by Crippen LogP contribution is 2.37. The highest BCUT2D eigenvalue weighted by molar-refractivity contribution is 5.92. The summed E-state index contributed by atoms with van der Waals surface area (Å²) in [4.78, 5) is 21.3. The van der Waals surface area contributed by atoms with Gasteiger partial charge in [0.25, 0.3) is 5.69 Å². The first-order chi connectivity index (χ1) is 11.2. The summed E-state index contributed by atoms with van der Waals surface area (Å²) in [6.07, 6.45) is -5.11. The van der Waals surface area contributed by atoms with Crippen LogP contribution in [0.15, 0.2) is 42.5 Å². The molecule has 0 aliphatic carbocycles. The zero-order chi connectivity index (χ0) is 17.9. The standard InChI is InChI=1S/C15H10F4N2O3/c16-10-3-1-9(2-4-10)7-14(22)20-11-5-6-13(21(23)24)12(8-11)15(17,18)19/h1-6,8H,7H2,(H,20,22). The lowest BCUT2D eigenvalue weighted by molar-refractivity contribution is -0.388. The zero-order valence-corrected chi connectivity index (χ0v) is 11.9. The number of carbonyl (C=O) groups is 1. The van der Waals surface area contributed by atoms with Gasteiger partial charge in [-0.1, -0.05) is 12.1 Å². The molecule has 0 aliphatic heterocycles. The van der Waals surface area contributed by atoms with Crippen molar-refractivity contribution in [3.63, 3.8) is 0 Å². The van der Waals surface area contributed by atoms with Crippen LogP contribution in [-0.2, 0) is 17.4 Å². The summed E-state index contributed by atoms with van der Waals surface area (Å²) in [5.41, 5.74) is -2.31. The van der Waals surface area contributed by atoms with Gasteiger partial charge in [-0.05, 0) is 29.8 Å². The van der Waals surface area contributed by atoms with Gasteiger partial charge in [0.05, 0.1) is 11.3 Å². The fourth-order valence-corrected chi connectivity index (χ4v) is 1.99. The van der Waals surface area contributed by atoms with Crippen LogP contribution in [0.5, 0.6) is 0 Å². The van der Waals surface area contributed by atoms with Crippen molar-refractivity contribution in [3.05, 3.63) is 69.5 Å². The summed E-state index contributed by atoms with van der Waals surface area (Å²) >= 11 is 0. The Balaban J connectivity index is 2.19. The number of alkyl halides is 3. The van der Waals surface area contributed by atoms with Crippen molar-refractivity contribution >= 4 is 17.3 Å². The van der Waals surface area contributed by atoms with Crippen LogP contribution in [0.25, 0.3) is 0 Å². The van der Waals surface area contributed by atoms with Crippen molar-refractivity contribution < 1.29 is 27.3 Å². The molecule has 0 saturated carbocycles. The fraction of sp³-hybridized carbons (Fsp3) is 0.133. The second-order valence-corrected chi connectivity index (χ2v) is 4.84. The van der Waals surface area contributed by atoms with Gasteiger partial charge < -0.3 is 5.32 Å². The minimum atomic E-state index is -4.93. The van der Waals surface area contributed by atoms with Crippen LogP contribution in [0.3, 0.4) is 0 Å². The second kappa shape index (κ2) is 6.65. The quantitative estimate of drug-likeness (QED) is 0.520. The van der Waals surface area contributed by atoms with Crippen molar-refractivity contribution in [2.24, 2.45) is 0 Å². The number of halogens is 4. The number of nitro benzene ring substituents is 1. The number of anilines is 1. The van der Waals surface area contributed by atoms with E-state index >= 15 is 0 Å². The van der Waals surface area contributed by atoms with Gasteiger partial charge in [0, 0.05) is 11.8 Å². The molecular formula is C15H10F4N2O3. The van der Waals surface area contributed by atoms with E-state index in [1.165, 1.54) is 12.1 Å². The lowest BCUT2D eigenvalue weighted by Crippen LogP contribution is -2.16. The van der Waals surface area contributed by atoms with Crippen LogP contribution < -0.4 is 5.32 Å². The SMILES string of the molecule is O=C(Cc1ccc(F)cc1)Nc1ccc([N+](=O)[O-])c(C(F)(F)F)c1. The number of nitrogens with one attached hydrogen (secondary N) is 1. The first-order valence-electron chi connectivity index (χ1n) is 6.57. The van der Waals surface area contributed by atoms with Gasteiger partial charge in [-0.3, -0.25) is 14.9 Å². The van der Waals surface area contributed by atoms with Gasteiger partial charge in [0.1, 0.15) is 11.4 Å². The van der Waals surface area contributed by atoms with E-state index in [0.29, 0.717) is 17.7 Å². The number of amides is 1. The van der Waals surface area contributed by atoms with Gasteiger partial charge in [0.15, 0.2) is 0 Å². The Labute approximate surface area is 133 Å². The molecule has 0 heterocycles. The normalized spacial score (nSPS) is 11.2. The van der Waals surface area contributed by atoms with Crippen LogP contribution in [0.4, 0.5) is 28.9 Å². The molecule has 126 valence electrons. The van der Waals surface area contributed by atoms with Crippen molar-refractivity contribution in [2.75, 3.05) is 5.32 Å². The van der Waals surface area contributed by atoms with Crippen molar-refractivity contribution in [1.82, 2.24) is 0 Å². The Morgan fingerprint density at radius 3 is 2.29 bits per heavy atom. The van der Waals surface area contributed by atoms with E-state index in [1.807, 2.05) is 0 Å². The third-order valence-corrected chi connectivity index (χ3v) is 3.06. The molecule has 24 heavy (non-hydrogen) atoms. The molecule has 1 amide bonds. The summed E-state index contributed by atoms with van der Waals surface area (Å²) in [5, 5.41) is 12.9. The summed E-state index contributed by atoms with van der Waals surface area (Å²) in [6.45, 7) is 0. The van der Waals surface area contributed by atoms with Crippen LogP contribution in [-0.4, -0.2) is 10.8 Å². The fourth-order valence-electron chi connectivity index (χ4n) is 1.99. The maximum Gasteiger partial charge on any atom is 0.423 e. The highest BCUT2D eigenvalue weighted by atomic mass is 19.4. The molecule has 2 aromatic rings. The Morgan fingerprint density at radius 1 is 1.12 bits per heavy atom. The van der Waals surface area contributed by atoms with Gasteiger partial charge in [-0.2, -0.15) is 13.2 Å². The molecule has 0 bridgehead atoms. The summed E-state index contributed by atoms with van der Waals surface area (Å²) in [6, 6.07) is 7.22. The number of hydrogen-bond donors (Lipinski definition) is 1. The van der Waals surface area contributed by atoms with Crippen LogP contribution in [0.2, 0.25) is 0 Å². The molecule has 0 fully saturated rings. The first-order valence-corrected chi connectivity index (χ1v) is 6.57. The Hall–Kier alpha value is -2.97. The molecule has 0 unspecified atom stereocenters. The molecule has 0 aromatic heterocycles. The number of nitrogens with zero attached hydrogens (tertiary/aromatic N) is 1. The topological polar surface area (TPSA) is 72.2 Å². The lowest BCUT2D eigenvalue weighted by atomic mass is 10.1. The van der Waals surface area contributed by atoms with Crippen LogP contribution in [0, 0.1) is 15.9 Å². The molecule has 0 saturated heterocycles. The van der Waals surface area contributed by atoms with E-state index in [9.17, 15) is 32.5 Å². The Kier molecular flexibility index (Phi) is 4.82. The summed E-state index contributed by atoms with van der Waals surface area (Å²) in [5.74, 6) is -1.12. The average molecular weight is 342 g/mol. The molecule has 9 heteroatoms. The molecule has 0 radical (unpaired) electrons. The monoisotopic (exact) mass is 342 g/mol. The number of nitro groups is 1. The van der Waals surface area contributed by atoms with Gasteiger partial charge in [-0.25, -0.2) is 4.39 Å². The minimum Gasteiger partial charge on any atom is -0.326 e. The minimum absolute atomic E-state index is 0.182. The third kappa shape index (κ3) is 4.28. The lowest BCUT2D eigenvalue weighted by Gasteiger charge is -2.10. The summed E-state index contributed by atoms with van der Waals surface area (Å²) in [7, 11) is 0. The number of hydrogen-bond acceptors (Lipinski definition) is 3. The zero-order valence-electron chi connectivity index (χ0n) is 11.9. The number of carbonyl (C=O) groups excluding carboxylic acids is 1. The maximum absolute atomic E-state index is 12.9. The molecule has 2 rings (SSSR count). The largest absolute Gasteiger partial charge is 0.423 e. The Bertz CT molecular complexity index is 773. The van der Waals surface area contributed by atoms with Crippen molar-refractivity contribution in [2.45, 2.75) is 12.6 Å².